The maximum absolute atomic E-state index is 10.7. The molecular weight excluding hydrogens is 542 g/mol. The van der Waals surface area contributed by atoms with E-state index >= 15 is 0 Å². The minimum absolute atomic E-state index is 0. The Bertz CT molecular complexity index is 743. The second-order valence-corrected chi connectivity index (χ2v) is 14.4. The smallest absolute Gasteiger partial charge is 0.225 e. The molecule has 0 spiro atoms. The van der Waals surface area contributed by atoms with Crippen LogP contribution in [-0.2, 0) is 28.8 Å². The van der Waals surface area contributed by atoms with Gasteiger partial charge in [0, 0.05) is 31.7 Å². The fourth-order valence-electron chi connectivity index (χ4n) is 0.470. The van der Waals surface area contributed by atoms with Crippen molar-refractivity contribution in [1.29, 1.82) is 0 Å². The minimum Gasteiger partial charge on any atom is -0.299 e. The molecule has 7 heteroatoms. The van der Waals surface area contributed by atoms with E-state index in [0.717, 1.165) is 4.90 Å². The second-order valence-electron chi connectivity index (χ2n) is 14.4. The van der Waals surface area contributed by atoms with E-state index in [0.29, 0.717) is 10.8 Å². The van der Waals surface area contributed by atoms with Gasteiger partial charge in [-0.2, -0.15) is 0 Å². The lowest BCUT2D eigenvalue weighted by Gasteiger charge is -2.34. The fraction of sp³-hybridized carbons (Fsp3) is 0.833. The molecule has 0 aromatic heterocycles. The predicted octanol–water partition coefficient (Wildman–Crippen LogP) is 10.1. The Morgan fingerprint density at radius 1 is 0.372 bits per heavy atom. The predicted molar refractivity (Wildman–Crippen MR) is 190 cm³/mol. The third kappa shape index (κ3) is 37.8. The van der Waals surface area contributed by atoms with Gasteiger partial charge in [-0.1, -0.05) is 113 Å². The normalized spacial score (nSPS) is 10.3. The van der Waals surface area contributed by atoms with Gasteiger partial charge in [-0.25, -0.2) is 0 Å². The Kier molecular flexibility index (Phi) is 37.4. The Morgan fingerprint density at radius 2 is 0.512 bits per heavy atom. The molecule has 0 unspecified atom stereocenters. The first-order valence-corrected chi connectivity index (χ1v) is 13.4. The SMILES string of the molecule is C.C.C.C.CC(=O)C(C)(C)C.CC(=O)C(C)(C)C.CC(=O)C(C)(C)C(C)=O.CC(=O)N(C)C(C)=O.CC(C)(C)C(C)(C)C. The maximum atomic E-state index is 10.7. The Labute approximate surface area is 270 Å². The van der Waals surface area contributed by atoms with Crippen LogP contribution in [0.25, 0.3) is 0 Å². The molecule has 0 saturated carbocycles. The van der Waals surface area contributed by atoms with E-state index in [4.69, 9.17) is 0 Å². The standard InChI is InChI=1S/C8H18.C7H12O2.2C6H12O.C5H9NO2.4CH4/c1-7(2,3)8(4,5)6;1-5(8)7(3,4)6(2)9;2*1-5(7)6(2,3)4;1-4(7)6(3)5(2)8;;;;/h1-6H3;1-4H3;2*1-4H3;1-3H3;4*1H4. The molecule has 0 aliphatic heterocycles. The molecule has 0 aliphatic carbocycles. The van der Waals surface area contributed by atoms with Crippen LogP contribution in [0.1, 0.15) is 168 Å². The molecule has 0 atom stereocenters. The molecule has 2 amide bonds. The van der Waals surface area contributed by atoms with E-state index in [1.807, 2.05) is 41.5 Å². The number of hydrogen-bond acceptors (Lipinski definition) is 6. The minimum atomic E-state index is -0.778. The molecular formula is C36H79NO6. The summed E-state index contributed by atoms with van der Waals surface area (Å²) >= 11 is 0. The number of hydrogen-bond donors (Lipinski definition) is 0. The van der Waals surface area contributed by atoms with Crippen molar-refractivity contribution in [2.75, 3.05) is 7.05 Å². The van der Waals surface area contributed by atoms with Crippen LogP contribution >= 0.6 is 0 Å². The lowest BCUT2D eigenvalue weighted by atomic mass is 9.71. The van der Waals surface area contributed by atoms with Gasteiger partial charge >= 0.3 is 0 Å². The number of amides is 2. The molecule has 0 fully saturated rings. The molecule has 0 radical (unpaired) electrons. The Morgan fingerprint density at radius 3 is 0.512 bits per heavy atom. The molecule has 0 aromatic rings. The van der Waals surface area contributed by atoms with E-state index in [1.54, 1.807) is 27.7 Å². The highest BCUT2D eigenvalue weighted by molar-refractivity contribution is 6.04. The van der Waals surface area contributed by atoms with Crippen molar-refractivity contribution in [1.82, 2.24) is 4.90 Å². The summed E-state index contributed by atoms with van der Waals surface area (Å²) in [5, 5.41) is 0. The van der Waals surface area contributed by atoms with Gasteiger partial charge in [0.05, 0.1) is 5.41 Å². The van der Waals surface area contributed by atoms with Crippen molar-refractivity contribution in [3.63, 3.8) is 0 Å². The molecule has 264 valence electrons. The van der Waals surface area contributed by atoms with Crippen molar-refractivity contribution in [3.05, 3.63) is 0 Å². The maximum Gasteiger partial charge on any atom is 0.225 e. The molecule has 43 heavy (non-hydrogen) atoms. The number of carbonyl (C=O) groups excluding carboxylic acids is 6. The largest absolute Gasteiger partial charge is 0.299 e. The van der Waals surface area contributed by atoms with Crippen LogP contribution in [0, 0.1) is 27.1 Å². The quantitative estimate of drug-likeness (QED) is 0.284. The van der Waals surface area contributed by atoms with Gasteiger partial charge < -0.3 is 0 Å². The number of carbonyl (C=O) groups is 6. The second kappa shape index (κ2) is 25.2. The summed E-state index contributed by atoms with van der Waals surface area (Å²) in [5.41, 5.74) is -0.181. The van der Waals surface area contributed by atoms with E-state index in [9.17, 15) is 28.8 Å². The van der Waals surface area contributed by atoms with Crippen molar-refractivity contribution in [3.8, 4) is 0 Å². The lowest BCUT2D eigenvalue weighted by molar-refractivity contribution is -0.140. The van der Waals surface area contributed by atoms with Crippen LogP contribution in [0.3, 0.4) is 0 Å². The van der Waals surface area contributed by atoms with Crippen LogP contribution in [0.5, 0.6) is 0 Å². The van der Waals surface area contributed by atoms with Crippen molar-refractivity contribution < 1.29 is 28.8 Å². The number of Topliss-reactive ketones (excluding diaryl/α,β-unsaturated/α-hetero) is 4. The molecule has 0 bridgehead atoms. The summed E-state index contributed by atoms with van der Waals surface area (Å²) in [7, 11) is 1.45. The average Bonchev–Trinajstić information content (AvgIpc) is 2.65. The Hall–Kier alpha value is -2.18. The van der Waals surface area contributed by atoms with Crippen LogP contribution in [0.15, 0.2) is 0 Å². The zero-order chi connectivity index (χ0) is 33.5. The molecule has 0 rings (SSSR count). The summed E-state index contributed by atoms with van der Waals surface area (Å²) in [4.78, 5) is 63.9. The van der Waals surface area contributed by atoms with Crippen molar-refractivity contribution >= 4 is 34.9 Å². The van der Waals surface area contributed by atoms with Gasteiger partial charge in [-0.15, -0.1) is 0 Å². The molecule has 0 aliphatic rings. The van der Waals surface area contributed by atoms with Crippen molar-refractivity contribution in [2.45, 2.75) is 168 Å². The third-order valence-electron chi connectivity index (χ3n) is 7.07. The van der Waals surface area contributed by atoms with Gasteiger partial charge in [0.2, 0.25) is 11.8 Å². The zero-order valence-corrected chi connectivity index (χ0v) is 29.4. The van der Waals surface area contributed by atoms with Gasteiger partial charge in [-0.05, 0) is 52.4 Å². The molecule has 7 nitrogen and oxygen atoms in total. The van der Waals surface area contributed by atoms with Gasteiger partial charge in [0.25, 0.3) is 0 Å². The fourth-order valence-corrected chi connectivity index (χ4v) is 0.470. The van der Waals surface area contributed by atoms with Crippen LogP contribution in [0.4, 0.5) is 0 Å². The van der Waals surface area contributed by atoms with Gasteiger partial charge in [0.15, 0.2) is 0 Å². The summed E-state index contributed by atoms with van der Waals surface area (Å²) in [6, 6.07) is 0. The number of ketones is 4. The summed E-state index contributed by atoms with van der Waals surface area (Å²) in [5.74, 6) is -0.111. The van der Waals surface area contributed by atoms with Crippen LogP contribution in [0.2, 0.25) is 0 Å². The molecule has 0 heterocycles. The number of rotatable bonds is 2. The van der Waals surface area contributed by atoms with E-state index < -0.39 is 5.41 Å². The third-order valence-corrected chi connectivity index (χ3v) is 7.07. The first-order chi connectivity index (χ1) is 16.6. The Balaban J connectivity index is -0.0000000470. The van der Waals surface area contributed by atoms with Crippen LogP contribution in [-0.4, -0.2) is 46.9 Å². The topological polar surface area (TPSA) is 106 Å². The van der Waals surface area contributed by atoms with E-state index in [2.05, 4.69) is 41.5 Å². The zero-order valence-electron chi connectivity index (χ0n) is 29.4. The molecule has 0 N–H and O–H groups in total. The summed E-state index contributed by atoms with van der Waals surface area (Å²) in [6.45, 7) is 37.2. The summed E-state index contributed by atoms with van der Waals surface area (Å²) in [6.07, 6.45) is 0. The number of imide groups is 1. The van der Waals surface area contributed by atoms with Gasteiger partial charge in [0.1, 0.15) is 23.1 Å². The molecule has 0 saturated heterocycles. The number of nitrogens with zero attached hydrogens (tertiary/aromatic N) is 1. The van der Waals surface area contributed by atoms with E-state index in [-0.39, 0.29) is 75.5 Å². The first kappa shape index (κ1) is 63.9. The first-order valence-electron chi connectivity index (χ1n) is 13.4. The highest BCUT2D eigenvalue weighted by atomic mass is 16.2. The average molecular weight is 622 g/mol. The van der Waals surface area contributed by atoms with Crippen LogP contribution < -0.4 is 0 Å². The highest BCUT2D eigenvalue weighted by Crippen LogP contribution is 2.36. The van der Waals surface area contributed by atoms with E-state index in [1.165, 1.54) is 34.7 Å². The highest BCUT2D eigenvalue weighted by Gasteiger charge is 2.28. The molecule has 0 aromatic carbocycles. The van der Waals surface area contributed by atoms with Gasteiger partial charge in [-0.3, -0.25) is 33.7 Å². The summed E-state index contributed by atoms with van der Waals surface area (Å²) < 4.78 is 0. The lowest BCUT2D eigenvalue weighted by Crippen LogP contribution is -2.29. The van der Waals surface area contributed by atoms with Crippen molar-refractivity contribution in [2.24, 2.45) is 27.1 Å². The monoisotopic (exact) mass is 622 g/mol.